The summed E-state index contributed by atoms with van der Waals surface area (Å²) in [6, 6.07) is 7.69. The predicted molar refractivity (Wildman–Crippen MR) is 85.5 cm³/mol. The van der Waals surface area contributed by atoms with Gasteiger partial charge in [0.15, 0.2) is 5.01 Å². The fourth-order valence-electron chi connectivity index (χ4n) is 1.91. The first kappa shape index (κ1) is 13.9. The van der Waals surface area contributed by atoms with Gasteiger partial charge in [-0.15, -0.1) is 22.7 Å². The SMILES string of the molecule is C[C@H](NC(=O)c1nc(-c2cccs2)cs1)c1ccncc1. The number of pyridine rings is 1. The Morgan fingerprint density at radius 2 is 2.05 bits per heavy atom. The molecule has 3 rings (SSSR count). The third-order valence-electron chi connectivity index (χ3n) is 3.03. The summed E-state index contributed by atoms with van der Waals surface area (Å²) in [5.41, 5.74) is 1.88. The van der Waals surface area contributed by atoms with Crippen molar-refractivity contribution in [1.82, 2.24) is 15.3 Å². The number of thiazole rings is 1. The van der Waals surface area contributed by atoms with Crippen molar-refractivity contribution >= 4 is 28.6 Å². The Morgan fingerprint density at radius 3 is 2.76 bits per heavy atom. The lowest BCUT2D eigenvalue weighted by molar-refractivity contribution is 0.0939. The minimum Gasteiger partial charge on any atom is -0.343 e. The van der Waals surface area contributed by atoms with Gasteiger partial charge >= 0.3 is 0 Å². The van der Waals surface area contributed by atoms with Crippen molar-refractivity contribution in [2.45, 2.75) is 13.0 Å². The molecule has 3 heterocycles. The van der Waals surface area contributed by atoms with E-state index < -0.39 is 0 Å². The molecule has 3 aromatic rings. The maximum atomic E-state index is 12.2. The molecule has 0 saturated carbocycles. The molecule has 0 aliphatic carbocycles. The molecule has 0 aromatic carbocycles. The van der Waals surface area contributed by atoms with Crippen LogP contribution in [-0.4, -0.2) is 15.9 Å². The van der Waals surface area contributed by atoms with E-state index in [1.807, 2.05) is 41.9 Å². The maximum Gasteiger partial charge on any atom is 0.280 e. The summed E-state index contributed by atoms with van der Waals surface area (Å²) in [5.74, 6) is -0.146. The van der Waals surface area contributed by atoms with Crippen LogP contribution in [0.3, 0.4) is 0 Å². The van der Waals surface area contributed by atoms with E-state index in [9.17, 15) is 4.79 Å². The average molecular weight is 315 g/mol. The summed E-state index contributed by atoms with van der Waals surface area (Å²) in [6.07, 6.45) is 3.44. The van der Waals surface area contributed by atoms with E-state index in [4.69, 9.17) is 0 Å². The molecule has 0 saturated heterocycles. The molecule has 4 nitrogen and oxygen atoms in total. The first-order valence-corrected chi connectivity index (χ1v) is 8.20. The zero-order chi connectivity index (χ0) is 14.7. The molecule has 0 spiro atoms. The topological polar surface area (TPSA) is 54.9 Å². The van der Waals surface area contributed by atoms with Crippen LogP contribution in [-0.2, 0) is 0 Å². The Hall–Kier alpha value is -2.05. The van der Waals surface area contributed by atoms with Crippen LogP contribution >= 0.6 is 22.7 Å². The van der Waals surface area contributed by atoms with Gasteiger partial charge in [0.2, 0.25) is 0 Å². The minimum atomic E-state index is -0.146. The molecule has 0 unspecified atom stereocenters. The van der Waals surface area contributed by atoms with Gasteiger partial charge in [-0.1, -0.05) is 6.07 Å². The first-order chi connectivity index (χ1) is 10.2. The van der Waals surface area contributed by atoms with Crippen molar-refractivity contribution in [2.24, 2.45) is 0 Å². The number of nitrogens with one attached hydrogen (secondary N) is 1. The Kier molecular flexibility index (Phi) is 4.08. The van der Waals surface area contributed by atoms with E-state index in [-0.39, 0.29) is 11.9 Å². The Bertz CT molecular complexity index is 722. The molecule has 0 aliphatic rings. The summed E-state index contributed by atoms with van der Waals surface area (Å²) < 4.78 is 0. The van der Waals surface area contributed by atoms with Crippen LogP contribution in [0.25, 0.3) is 10.6 Å². The molecular formula is C15H13N3OS2. The first-order valence-electron chi connectivity index (χ1n) is 6.44. The van der Waals surface area contributed by atoms with E-state index in [0.717, 1.165) is 16.1 Å². The zero-order valence-electron chi connectivity index (χ0n) is 11.3. The molecule has 0 radical (unpaired) electrons. The molecule has 1 atom stereocenters. The van der Waals surface area contributed by atoms with E-state index in [2.05, 4.69) is 15.3 Å². The molecule has 1 amide bonds. The molecule has 106 valence electrons. The number of amides is 1. The van der Waals surface area contributed by atoms with Crippen LogP contribution in [0, 0.1) is 0 Å². The van der Waals surface area contributed by atoms with Gasteiger partial charge in [-0.3, -0.25) is 9.78 Å². The van der Waals surface area contributed by atoms with Crippen LogP contribution in [0.5, 0.6) is 0 Å². The Morgan fingerprint density at radius 1 is 1.24 bits per heavy atom. The number of aromatic nitrogens is 2. The fraction of sp³-hybridized carbons (Fsp3) is 0.133. The lowest BCUT2D eigenvalue weighted by Crippen LogP contribution is -2.26. The van der Waals surface area contributed by atoms with E-state index in [1.54, 1.807) is 23.7 Å². The van der Waals surface area contributed by atoms with Crippen LogP contribution in [0.15, 0.2) is 47.4 Å². The monoisotopic (exact) mass is 315 g/mol. The fourth-order valence-corrected chi connectivity index (χ4v) is 3.39. The van der Waals surface area contributed by atoms with Gasteiger partial charge in [-0.2, -0.15) is 0 Å². The number of carbonyl (C=O) groups excluding carboxylic acids is 1. The predicted octanol–water partition coefficient (Wildman–Crippen LogP) is 3.76. The van der Waals surface area contributed by atoms with Gasteiger partial charge in [-0.25, -0.2) is 4.98 Å². The van der Waals surface area contributed by atoms with Crippen molar-refractivity contribution in [3.63, 3.8) is 0 Å². The van der Waals surface area contributed by atoms with Crippen molar-refractivity contribution in [1.29, 1.82) is 0 Å². The van der Waals surface area contributed by atoms with Gasteiger partial charge in [0.1, 0.15) is 0 Å². The lowest BCUT2D eigenvalue weighted by atomic mass is 10.1. The van der Waals surface area contributed by atoms with Crippen LogP contribution in [0.1, 0.15) is 28.3 Å². The third kappa shape index (κ3) is 3.17. The molecule has 21 heavy (non-hydrogen) atoms. The van der Waals surface area contributed by atoms with Crippen molar-refractivity contribution in [3.05, 3.63) is 58.0 Å². The van der Waals surface area contributed by atoms with Crippen LogP contribution < -0.4 is 5.32 Å². The molecule has 0 bridgehead atoms. The second-order valence-corrected chi connectivity index (χ2v) is 6.30. The van der Waals surface area contributed by atoms with Gasteiger partial charge < -0.3 is 5.32 Å². The highest BCUT2D eigenvalue weighted by atomic mass is 32.1. The summed E-state index contributed by atoms with van der Waals surface area (Å²) in [6.45, 7) is 1.95. The van der Waals surface area contributed by atoms with Crippen LogP contribution in [0.2, 0.25) is 0 Å². The Balaban J connectivity index is 1.71. The summed E-state index contributed by atoms with van der Waals surface area (Å²) in [5, 5.41) is 7.36. The summed E-state index contributed by atoms with van der Waals surface area (Å²) in [7, 11) is 0. The quantitative estimate of drug-likeness (QED) is 0.797. The highest BCUT2D eigenvalue weighted by Gasteiger charge is 2.15. The highest BCUT2D eigenvalue weighted by Crippen LogP contribution is 2.26. The minimum absolute atomic E-state index is 0.0745. The zero-order valence-corrected chi connectivity index (χ0v) is 12.9. The third-order valence-corrected chi connectivity index (χ3v) is 4.76. The van der Waals surface area contributed by atoms with Crippen molar-refractivity contribution in [2.75, 3.05) is 0 Å². The normalized spacial score (nSPS) is 12.0. The molecule has 3 aromatic heterocycles. The summed E-state index contributed by atoms with van der Waals surface area (Å²) >= 11 is 2.98. The number of rotatable bonds is 4. The molecular weight excluding hydrogens is 302 g/mol. The Labute approximate surface area is 130 Å². The lowest BCUT2D eigenvalue weighted by Gasteiger charge is -2.12. The molecule has 0 aliphatic heterocycles. The number of thiophene rings is 1. The van der Waals surface area contributed by atoms with Gasteiger partial charge in [0.05, 0.1) is 16.6 Å². The van der Waals surface area contributed by atoms with Crippen LogP contribution in [0.4, 0.5) is 0 Å². The van der Waals surface area contributed by atoms with Gasteiger partial charge in [-0.05, 0) is 36.1 Å². The number of hydrogen-bond donors (Lipinski definition) is 1. The standard InChI is InChI=1S/C15H13N3OS2/c1-10(11-4-6-16-7-5-11)17-14(19)15-18-12(9-21-15)13-3-2-8-20-13/h2-10H,1H3,(H,17,19)/t10-/m0/s1. The molecule has 0 fully saturated rings. The second-order valence-electron chi connectivity index (χ2n) is 4.49. The highest BCUT2D eigenvalue weighted by molar-refractivity contribution is 7.15. The van der Waals surface area contributed by atoms with Gasteiger partial charge in [0.25, 0.3) is 5.91 Å². The molecule has 6 heteroatoms. The summed E-state index contributed by atoms with van der Waals surface area (Å²) in [4.78, 5) is 21.7. The second kappa shape index (κ2) is 6.15. The smallest absolute Gasteiger partial charge is 0.280 e. The van der Waals surface area contributed by atoms with E-state index in [1.165, 1.54) is 11.3 Å². The van der Waals surface area contributed by atoms with Crippen molar-refractivity contribution < 1.29 is 4.79 Å². The van der Waals surface area contributed by atoms with E-state index in [0.29, 0.717) is 5.01 Å². The largest absolute Gasteiger partial charge is 0.343 e. The maximum absolute atomic E-state index is 12.2. The number of hydrogen-bond acceptors (Lipinski definition) is 5. The van der Waals surface area contributed by atoms with E-state index >= 15 is 0 Å². The molecule has 1 N–H and O–H groups in total. The van der Waals surface area contributed by atoms with Crippen molar-refractivity contribution in [3.8, 4) is 10.6 Å². The number of nitrogens with zero attached hydrogens (tertiary/aromatic N) is 2. The van der Waals surface area contributed by atoms with Gasteiger partial charge in [0, 0.05) is 17.8 Å². The average Bonchev–Trinajstić information content (AvgIpc) is 3.19. The number of carbonyl (C=O) groups is 1.